The van der Waals surface area contributed by atoms with Crippen molar-refractivity contribution < 1.29 is 23.9 Å². The van der Waals surface area contributed by atoms with E-state index in [0.29, 0.717) is 31.7 Å². The Bertz CT molecular complexity index is 1350. The smallest absolute Gasteiger partial charge is 0.337 e. The van der Waals surface area contributed by atoms with Crippen LogP contribution in [0.15, 0.2) is 59.1 Å². The first-order valence-corrected chi connectivity index (χ1v) is 12.7. The number of benzene rings is 3. The Kier molecular flexibility index (Phi) is 9.59. The molecular formula is C27H25BrCl2N2O5. The molecule has 2 amide bonds. The van der Waals surface area contributed by atoms with Gasteiger partial charge in [-0.25, -0.2) is 4.79 Å². The fourth-order valence-electron chi connectivity index (χ4n) is 3.49. The molecule has 37 heavy (non-hydrogen) atoms. The summed E-state index contributed by atoms with van der Waals surface area (Å²) in [4.78, 5) is 38.9. The van der Waals surface area contributed by atoms with Gasteiger partial charge in [0.1, 0.15) is 11.5 Å². The third-order valence-corrected chi connectivity index (χ3v) is 6.92. The lowest BCUT2D eigenvalue weighted by Crippen LogP contribution is -2.37. The molecule has 1 N–H and O–H groups in total. The van der Waals surface area contributed by atoms with Crippen LogP contribution in [0.25, 0.3) is 0 Å². The number of esters is 1. The molecule has 0 aromatic heterocycles. The number of hydrogen-bond acceptors (Lipinski definition) is 5. The van der Waals surface area contributed by atoms with Crippen LogP contribution in [0.2, 0.25) is 10.0 Å². The first-order chi connectivity index (χ1) is 17.5. The van der Waals surface area contributed by atoms with Gasteiger partial charge in [0, 0.05) is 29.8 Å². The van der Waals surface area contributed by atoms with Gasteiger partial charge in [-0.1, -0.05) is 65.1 Å². The van der Waals surface area contributed by atoms with E-state index in [9.17, 15) is 14.4 Å². The van der Waals surface area contributed by atoms with E-state index in [4.69, 9.17) is 32.7 Å². The lowest BCUT2D eigenvalue weighted by atomic mass is 9.99. The summed E-state index contributed by atoms with van der Waals surface area (Å²) in [6, 6.07) is 15.1. The number of anilines is 1. The van der Waals surface area contributed by atoms with Crippen LogP contribution in [0, 0.1) is 0 Å². The molecule has 0 spiro atoms. The number of halogens is 3. The fourth-order valence-corrected chi connectivity index (χ4v) is 4.26. The molecule has 0 aliphatic heterocycles. The van der Waals surface area contributed by atoms with Crippen LogP contribution in [0.3, 0.4) is 0 Å². The molecule has 0 radical (unpaired) electrons. The SMILES string of the molecule is COC(=O)c1ccc(C(C)C)c(NC(=O)C(=O)N(C)Cc2ccc(Oc3ccc(Cl)c(Cl)c3)cc2Br)c1. The minimum Gasteiger partial charge on any atom is -0.465 e. The number of likely N-dealkylation sites (N-methyl/N-ethyl adjacent to an activating group) is 1. The number of ether oxygens (including phenoxy) is 2. The molecule has 10 heteroatoms. The van der Waals surface area contributed by atoms with Crippen LogP contribution in [0.5, 0.6) is 11.5 Å². The van der Waals surface area contributed by atoms with E-state index >= 15 is 0 Å². The molecule has 0 fully saturated rings. The predicted octanol–water partition coefficient (Wildman–Crippen LogP) is 7.06. The van der Waals surface area contributed by atoms with Crippen molar-refractivity contribution in [1.82, 2.24) is 4.90 Å². The van der Waals surface area contributed by atoms with Crippen LogP contribution < -0.4 is 10.1 Å². The molecule has 0 saturated heterocycles. The lowest BCUT2D eigenvalue weighted by Gasteiger charge is -2.19. The Balaban J connectivity index is 1.70. The molecule has 0 heterocycles. The van der Waals surface area contributed by atoms with Gasteiger partial charge in [0.2, 0.25) is 0 Å². The van der Waals surface area contributed by atoms with Crippen LogP contribution in [-0.4, -0.2) is 36.8 Å². The monoisotopic (exact) mass is 606 g/mol. The fraction of sp³-hybridized carbons (Fsp3) is 0.222. The number of carbonyl (C=O) groups is 3. The normalized spacial score (nSPS) is 10.7. The molecule has 3 aromatic carbocycles. The number of carbonyl (C=O) groups excluding carboxylic acids is 3. The third kappa shape index (κ3) is 7.25. The van der Waals surface area contributed by atoms with Crippen LogP contribution in [0.4, 0.5) is 5.69 Å². The average molecular weight is 608 g/mol. The third-order valence-electron chi connectivity index (χ3n) is 5.44. The first kappa shape index (κ1) is 28.5. The Morgan fingerprint density at radius 1 is 0.973 bits per heavy atom. The number of nitrogens with zero attached hydrogens (tertiary/aromatic N) is 1. The van der Waals surface area contributed by atoms with E-state index in [1.165, 1.54) is 25.1 Å². The molecule has 3 aromatic rings. The zero-order valence-corrected chi connectivity index (χ0v) is 23.7. The summed E-state index contributed by atoms with van der Waals surface area (Å²) in [6.45, 7) is 4.06. The van der Waals surface area contributed by atoms with E-state index in [2.05, 4.69) is 21.2 Å². The topological polar surface area (TPSA) is 84.9 Å². The van der Waals surface area contributed by atoms with Crippen molar-refractivity contribution in [2.75, 3.05) is 19.5 Å². The Labute approximate surface area is 233 Å². The number of hydrogen-bond donors (Lipinski definition) is 1. The highest BCUT2D eigenvalue weighted by molar-refractivity contribution is 9.10. The van der Waals surface area contributed by atoms with E-state index in [-0.39, 0.29) is 18.0 Å². The number of nitrogens with one attached hydrogen (secondary N) is 1. The molecule has 0 aliphatic rings. The molecule has 0 unspecified atom stereocenters. The van der Waals surface area contributed by atoms with Gasteiger partial charge < -0.3 is 19.7 Å². The van der Waals surface area contributed by atoms with E-state index in [1.807, 2.05) is 13.8 Å². The molecule has 194 valence electrons. The van der Waals surface area contributed by atoms with E-state index in [0.717, 1.165) is 11.1 Å². The van der Waals surface area contributed by atoms with Crippen LogP contribution in [0.1, 0.15) is 41.3 Å². The van der Waals surface area contributed by atoms with Crippen molar-refractivity contribution in [2.45, 2.75) is 26.3 Å². The standard InChI is InChI=1S/C27H25BrCl2N2O5/c1-15(2)20-9-6-16(27(35)36-4)11-24(20)31-25(33)26(34)32(3)14-17-5-7-18(12-21(17)28)37-19-8-10-22(29)23(30)13-19/h5-13,15H,14H2,1-4H3,(H,31,33). The number of amides is 2. The summed E-state index contributed by atoms with van der Waals surface area (Å²) < 4.78 is 11.3. The molecule has 0 aliphatic carbocycles. The highest BCUT2D eigenvalue weighted by atomic mass is 79.9. The second-order valence-electron chi connectivity index (χ2n) is 8.49. The lowest BCUT2D eigenvalue weighted by molar-refractivity contribution is -0.142. The van der Waals surface area contributed by atoms with Crippen LogP contribution in [-0.2, 0) is 20.9 Å². The predicted molar refractivity (Wildman–Crippen MR) is 148 cm³/mol. The number of methoxy groups -OCH3 is 1. The molecular weight excluding hydrogens is 583 g/mol. The summed E-state index contributed by atoms with van der Waals surface area (Å²) in [5.41, 5.74) is 2.21. The maximum Gasteiger partial charge on any atom is 0.337 e. The molecule has 0 bridgehead atoms. The summed E-state index contributed by atoms with van der Waals surface area (Å²) in [6.07, 6.45) is 0. The summed E-state index contributed by atoms with van der Waals surface area (Å²) in [5, 5.41) is 3.46. The summed E-state index contributed by atoms with van der Waals surface area (Å²) >= 11 is 15.5. The quantitative estimate of drug-likeness (QED) is 0.230. The van der Waals surface area contributed by atoms with Crippen molar-refractivity contribution in [2.24, 2.45) is 0 Å². The Morgan fingerprint density at radius 3 is 2.27 bits per heavy atom. The zero-order valence-electron chi connectivity index (χ0n) is 20.6. The van der Waals surface area contributed by atoms with Crippen molar-refractivity contribution in [3.63, 3.8) is 0 Å². The molecule has 3 rings (SSSR count). The van der Waals surface area contributed by atoms with Gasteiger partial charge in [-0.15, -0.1) is 0 Å². The average Bonchev–Trinajstić information content (AvgIpc) is 2.86. The van der Waals surface area contributed by atoms with Crippen molar-refractivity contribution in [3.05, 3.63) is 85.8 Å². The second kappa shape index (κ2) is 12.4. The van der Waals surface area contributed by atoms with Gasteiger partial charge in [-0.3, -0.25) is 9.59 Å². The highest BCUT2D eigenvalue weighted by Gasteiger charge is 2.22. The summed E-state index contributed by atoms with van der Waals surface area (Å²) in [7, 11) is 2.81. The maximum absolute atomic E-state index is 12.8. The highest BCUT2D eigenvalue weighted by Crippen LogP contribution is 2.32. The van der Waals surface area contributed by atoms with Gasteiger partial charge in [-0.2, -0.15) is 0 Å². The van der Waals surface area contributed by atoms with Gasteiger partial charge in [0.25, 0.3) is 0 Å². The van der Waals surface area contributed by atoms with Crippen molar-refractivity contribution >= 4 is 62.6 Å². The number of rotatable bonds is 7. The van der Waals surface area contributed by atoms with Gasteiger partial charge in [-0.05, 0) is 53.4 Å². The summed E-state index contributed by atoms with van der Waals surface area (Å²) in [5.74, 6) is -0.966. The van der Waals surface area contributed by atoms with Gasteiger partial charge >= 0.3 is 17.8 Å². The molecule has 0 saturated carbocycles. The molecule has 0 atom stereocenters. The minimum atomic E-state index is -0.817. The first-order valence-electron chi connectivity index (χ1n) is 11.2. The van der Waals surface area contributed by atoms with Gasteiger partial charge in [0.15, 0.2) is 0 Å². The Hall–Kier alpha value is -3.07. The minimum absolute atomic E-state index is 0.0513. The van der Waals surface area contributed by atoms with Gasteiger partial charge in [0.05, 0.1) is 22.7 Å². The van der Waals surface area contributed by atoms with E-state index < -0.39 is 17.8 Å². The molecule has 7 nitrogen and oxygen atoms in total. The van der Waals surface area contributed by atoms with Crippen molar-refractivity contribution in [1.29, 1.82) is 0 Å². The second-order valence-corrected chi connectivity index (χ2v) is 10.2. The van der Waals surface area contributed by atoms with Crippen LogP contribution >= 0.6 is 39.1 Å². The largest absolute Gasteiger partial charge is 0.465 e. The zero-order chi connectivity index (χ0) is 27.3. The maximum atomic E-state index is 12.8. The van der Waals surface area contributed by atoms with E-state index in [1.54, 1.807) is 48.5 Å². The van der Waals surface area contributed by atoms with Crippen molar-refractivity contribution in [3.8, 4) is 11.5 Å². The Morgan fingerprint density at radius 2 is 1.65 bits per heavy atom.